The maximum Gasteiger partial charge on any atom is 0.421 e. The van der Waals surface area contributed by atoms with Gasteiger partial charge >= 0.3 is 11.4 Å². The number of aromatic amines is 1. The molecule has 0 unspecified atom stereocenters. The molecule has 1 heterocycles. The van der Waals surface area contributed by atoms with Crippen LogP contribution in [-0.4, -0.2) is 9.97 Å². The molecule has 1 aromatic heterocycles. The Morgan fingerprint density at radius 1 is 1.45 bits per heavy atom. The van der Waals surface area contributed by atoms with Crippen molar-refractivity contribution in [1.82, 2.24) is 9.97 Å². The zero-order valence-electron chi connectivity index (χ0n) is 6.25. The van der Waals surface area contributed by atoms with E-state index in [1.165, 1.54) is 0 Å². The van der Waals surface area contributed by atoms with Crippen LogP contribution >= 0.6 is 0 Å². The Hall–Kier alpha value is -1.39. The highest BCUT2D eigenvalue weighted by Gasteiger charge is 2.04. The van der Waals surface area contributed by atoms with E-state index in [9.17, 15) is 9.59 Å². The monoisotopic (exact) mass is 156 g/mol. The second-order valence-electron chi connectivity index (χ2n) is 2.42. The standard InChI is InChI=1S/C6H8N2O3/c1-3(2)4-7-5(9)8-6(10)11-4/h3H,1-2H3,(H,8,9,10). The lowest BCUT2D eigenvalue weighted by Gasteiger charge is -1.97. The van der Waals surface area contributed by atoms with Crippen molar-refractivity contribution in [1.29, 1.82) is 0 Å². The second kappa shape index (κ2) is 2.69. The summed E-state index contributed by atoms with van der Waals surface area (Å²) in [6, 6.07) is 0. The molecule has 60 valence electrons. The van der Waals surface area contributed by atoms with Gasteiger partial charge in [0.25, 0.3) is 0 Å². The number of nitrogens with one attached hydrogen (secondary N) is 1. The number of hydrogen-bond donors (Lipinski definition) is 1. The summed E-state index contributed by atoms with van der Waals surface area (Å²) in [5, 5.41) is 0. The average molecular weight is 156 g/mol. The Labute approximate surface area is 62.1 Å². The molecule has 0 amide bonds. The number of aromatic nitrogens is 2. The Bertz CT molecular complexity index is 321. The molecule has 1 aromatic rings. The van der Waals surface area contributed by atoms with Crippen LogP contribution in [0.2, 0.25) is 0 Å². The molecule has 0 bridgehead atoms. The highest BCUT2D eigenvalue weighted by molar-refractivity contribution is 4.82. The molecule has 5 heteroatoms. The molecule has 11 heavy (non-hydrogen) atoms. The van der Waals surface area contributed by atoms with E-state index in [4.69, 9.17) is 0 Å². The molecular weight excluding hydrogens is 148 g/mol. The summed E-state index contributed by atoms with van der Waals surface area (Å²) in [7, 11) is 0. The van der Waals surface area contributed by atoms with E-state index in [1.54, 1.807) is 13.8 Å². The Kier molecular flexibility index (Phi) is 1.89. The van der Waals surface area contributed by atoms with Crippen LogP contribution in [0.15, 0.2) is 14.0 Å². The summed E-state index contributed by atoms with van der Waals surface area (Å²) < 4.78 is 4.60. The molecular formula is C6H8N2O3. The van der Waals surface area contributed by atoms with Crippen LogP contribution in [0.3, 0.4) is 0 Å². The first-order valence-corrected chi connectivity index (χ1v) is 3.21. The second-order valence-corrected chi connectivity index (χ2v) is 2.42. The molecule has 0 aromatic carbocycles. The summed E-state index contributed by atoms with van der Waals surface area (Å²) >= 11 is 0. The Morgan fingerprint density at radius 3 is 2.55 bits per heavy atom. The smallest absolute Gasteiger partial charge is 0.395 e. The lowest BCUT2D eigenvalue weighted by Crippen LogP contribution is -2.23. The fourth-order valence-electron chi connectivity index (χ4n) is 0.606. The number of H-pyrrole nitrogens is 1. The first-order chi connectivity index (χ1) is 5.09. The minimum Gasteiger partial charge on any atom is -0.395 e. The van der Waals surface area contributed by atoms with Gasteiger partial charge in [-0.2, -0.15) is 4.98 Å². The van der Waals surface area contributed by atoms with Crippen molar-refractivity contribution in [3.05, 3.63) is 26.9 Å². The minimum absolute atomic E-state index is 0.0509. The maximum atomic E-state index is 10.6. The lowest BCUT2D eigenvalue weighted by atomic mass is 10.2. The number of nitrogens with zero attached hydrogens (tertiary/aromatic N) is 1. The molecule has 1 rings (SSSR count). The molecule has 0 spiro atoms. The van der Waals surface area contributed by atoms with Gasteiger partial charge in [-0.25, -0.2) is 14.6 Å². The third kappa shape index (κ3) is 1.76. The van der Waals surface area contributed by atoms with Crippen molar-refractivity contribution in [2.45, 2.75) is 19.8 Å². The maximum absolute atomic E-state index is 10.6. The van der Waals surface area contributed by atoms with E-state index in [1.807, 2.05) is 4.98 Å². The van der Waals surface area contributed by atoms with Crippen molar-refractivity contribution >= 4 is 0 Å². The fourth-order valence-corrected chi connectivity index (χ4v) is 0.606. The summed E-state index contributed by atoms with van der Waals surface area (Å²) in [6.45, 7) is 3.56. The van der Waals surface area contributed by atoms with Gasteiger partial charge in [-0.3, -0.25) is 0 Å². The van der Waals surface area contributed by atoms with E-state index in [0.29, 0.717) is 0 Å². The zero-order chi connectivity index (χ0) is 8.43. The van der Waals surface area contributed by atoms with Gasteiger partial charge in [-0.15, -0.1) is 0 Å². The largest absolute Gasteiger partial charge is 0.421 e. The topological polar surface area (TPSA) is 76.0 Å². The van der Waals surface area contributed by atoms with E-state index in [2.05, 4.69) is 9.40 Å². The molecule has 0 fully saturated rings. The lowest BCUT2D eigenvalue weighted by molar-refractivity contribution is 0.388. The van der Waals surface area contributed by atoms with Gasteiger partial charge in [0.2, 0.25) is 5.89 Å². The van der Waals surface area contributed by atoms with Crippen LogP contribution in [0.5, 0.6) is 0 Å². The predicted molar refractivity (Wildman–Crippen MR) is 37.5 cm³/mol. The van der Waals surface area contributed by atoms with Crippen molar-refractivity contribution in [2.24, 2.45) is 0 Å². The van der Waals surface area contributed by atoms with Crippen LogP contribution < -0.4 is 11.4 Å². The molecule has 0 saturated carbocycles. The molecule has 0 radical (unpaired) electrons. The SMILES string of the molecule is CC(C)c1nc(=O)[nH]c(=O)o1. The van der Waals surface area contributed by atoms with Crippen LogP contribution in [0.25, 0.3) is 0 Å². The Morgan fingerprint density at radius 2 is 2.09 bits per heavy atom. The molecule has 1 N–H and O–H groups in total. The third-order valence-corrected chi connectivity index (χ3v) is 1.11. The Balaban J connectivity index is 3.30. The molecule has 0 aliphatic rings. The molecule has 0 atom stereocenters. The van der Waals surface area contributed by atoms with Gasteiger partial charge in [0.15, 0.2) is 0 Å². The van der Waals surface area contributed by atoms with E-state index < -0.39 is 11.4 Å². The zero-order valence-corrected chi connectivity index (χ0v) is 6.25. The van der Waals surface area contributed by atoms with Crippen LogP contribution in [0.4, 0.5) is 0 Å². The van der Waals surface area contributed by atoms with Crippen molar-refractivity contribution in [3.63, 3.8) is 0 Å². The van der Waals surface area contributed by atoms with Gasteiger partial charge in [-0.05, 0) is 0 Å². The summed E-state index contributed by atoms with van der Waals surface area (Å²) in [6.07, 6.45) is 0. The highest BCUT2D eigenvalue weighted by Crippen LogP contribution is 2.05. The first kappa shape index (κ1) is 7.71. The van der Waals surface area contributed by atoms with Gasteiger partial charge in [0.1, 0.15) is 0 Å². The number of rotatable bonds is 1. The van der Waals surface area contributed by atoms with Crippen molar-refractivity contribution in [2.75, 3.05) is 0 Å². The third-order valence-electron chi connectivity index (χ3n) is 1.11. The molecule has 5 nitrogen and oxygen atoms in total. The molecule has 0 aliphatic heterocycles. The van der Waals surface area contributed by atoms with Crippen LogP contribution in [-0.2, 0) is 0 Å². The summed E-state index contributed by atoms with van der Waals surface area (Å²) in [4.78, 5) is 26.5. The normalized spacial score (nSPS) is 10.5. The summed E-state index contributed by atoms with van der Waals surface area (Å²) in [5.41, 5.74) is -0.662. The van der Waals surface area contributed by atoms with E-state index in [0.717, 1.165) is 0 Å². The summed E-state index contributed by atoms with van der Waals surface area (Å²) in [5.74, 6) is -0.641. The van der Waals surface area contributed by atoms with Crippen molar-refractivity contribution in [3.8, 4) is 0 Å². The van der Waals surface area contributed by atoms with Gasteiger partial charge in [0, 0.05) is 5.92 Å². The van der Waals surface area contributed by atoms with E-state index in [-0.39, 0.29) is 11.8 Å². The highest BCUT2D eigenvalue weighted by atomic mass is 16.4. The molecule has 0 aliphatic carbocycles. The fraction of sp³-hybridized carbons (Fsp3) is 0.500. The number of hydrogen-bond acceptors (Lipinski definition) is 4. The van der Waals surface area contributed by atoms with Crippen LogP contribution in [0.1, 0.15) is 25.7 Å². The predicted octanol–water partition coefficient (Wildman–Crippen LogP) is -0.153. The molecule has 0 saturated heterocycles. The van der Waals surface area contributed by atoms with Crippen molar-refractivity contribution < 1.29 is 4.42 Å². The quantitative estimate of drug-likeness (QED) is 0.613. The minimum atomic E-state index is -0.756. The van der Waals surface area contributed by atoms with Gasteiger partial charge in [-0.1, -0.05) is 13.8 Å². The van der Waals surface area contributed by atoms with E-state index >= 15 is 0 Å². The first-order valence-electron chi connectivity index (χ1n) is 3.21. The average Bonchev–Trinajstić information content (AvgIpc) is 1.85. The van der Waals surface area contributed by atoms with Gasteiger partial charge < -0.3 is 4.42 Å². The van der Waals surface area contributed by atoms with Gasteiger partial charge in [0.05, 0.1) is 0 Å². The van der Waals surface area contributed by atoms with Crippen LogP contribution in [0, 0.1) is 0 Å².